The number of ether oxygens (including phenoxy) is 1. The van der Waals surface area contributed by atoms with Crippen molar-refractivity contribution in [3.05, 3.63) is 30.2 Å². The van der Waals surface area contributed by atoms with Gasteiger partial charge in [0.1, 0.15) is 5.56 Å². The van der Waals surface area contributed by atoms with Crippen LogP contribution >= 0.6 is 0 Å². The van der Waals surface area contributed by atoms with E-state index in [2.05, 4.69) is 20.8 Å². The normalized spacial score (nSPS) is 31.0. The van der Waals surface area contributed by atoms with Gasteiger partial charge in [0.25, 0.3) is 5.91 Å². The lowest BCUT2D eigenvalue weighted by Crippen LogP contribution is -2.66. The molecule has 4 fully saturated rings. The average Bonchev–Trinajstić information content (AvgIpc) is 3.36. The number of hydrogen-bond donors (Lipinski definition) is 2. The summed E-state index contributed by atoms with van der Waals surface area (Å²) in [5.41, 5.74) is 0.444. The fourth-order valence-electron chi connectivity index (χ4n) is 6.53. The summed E-state index contributed by atoms with van der Waals surface area (Å²) in [5.74, 6) is 2.04. The quantitative estimate of drug-likeness (QED) is 0.699. The highest BCUT2D eigenvalue weighted by molar-refractivity contribution is 5.97. The van der Waals surface area contributed by atoms with E-state index in [1.54, 1.807) is 35.8 Å². The SMILES string of the molecule is COCCn1ncc(C(=O)NC2[C@H]3CC4C[C@H]2CC(NC(C)=O)(C4)C3)c1-n1cccn1. The van der Waals surface area contributed by atoms with Gasteiger partial charge < -0.3 is 15.4 Å². The third-order valence-electron chi connectivity index (χ3n) is 7.30. The van der Waals surface area contributed by atoms with Crippen LogP contribution in [0.15, 0.2) is 24.7 Å². The average molecular weight is 427 g/mol. The number of nitrogens with zero attached hydrogens (tertiary/aromatic N) is 4. The maximum Gasteiger partial charge on any atom is 0.256 e. The van der Waals surface area contributed by atoms with Crippen molar-refractivity contribution < 1.29 is 14.3 Å². The van der Waals surface area contributed by atoms with Crippen LogP contribution in [0, 0.1) is 17.8 Å². The number of methoxy groups -OCH3 is 1. The molecule has 2 N–H and O–H groups in total. The molecule has 0 saturated heterocycles. The van der Waals surface area contributed by atoms with Crippen LogP contribution < -0.4 is 10.6 Å². The molecule has 4 aliphatic rings. The van der Waals surface area contributed by atoms with Gasteiger partial charge in [-0.3, -0.25) is 9.59 Å². The third kappa shape index (κ3) is 3.64. The number of hydrogen-bond acceptors (Lipinski definition) is 5. The van der Waals surface area contributed by atoms with Crippen molar-refractivity contribution in [3.63, 3.8) is 0 Å². The molecular formula is C22H30N6O3. The summed E-state index contributed by atoms with van der Waals surface area (Å²) in [6.45, 7) is 2.64. The van der Waals surface area contributed by atoms with E-state index in [9.17, 15) is 9.59 Å². The van der Waals surface area contributed by atoms with Gasteiger partial charge in [-0.05, 0) is 55.9 Å². The number of nitrogens with one attached hydrogen (secondary N) is 2. The molecule has 4 saturated carbocycles. The van der Waals surface area contributed by atoms with Crippen LogP contribution in [-0.4, -0.2) is 56.7 Å². The molecule has 6 rings (SSSR count). The second-order valence-electron chi connectivity index (χ2n) is 9.48. The molecule has 166 valence electrons. The van der Waals surface area contributed by atoms with Gasteiger partial charge in [-0.1, -0.05) is 0 Å². The summed E-state index contributed by atoms with van der Waals surface area (Å²) in [6.07, 6.45) is 10.4. The first-order chi connectivity index (χ1) is 15.0. The highest BCUT2D eigenvalue weighted by Crippen LogP contribution is 2.55. The molecule has 0 radical (unpaired) electrons. The van der Waals surface area contributed by atoms with Crippen molar-refractivity contribution in [1.82, 2.24) is 30.2 Å². The van der Waals surface area contributed by atoms with Crippen LogP contribution in [0.1, 0.15) is 49.4 Å². The fourth-order valence-corrected chi connectivity index (χ4v) is 6.53. The molecule has 4 bridgehead atoms. The zero-order valence-corrected chi connectivity index (χ0v) is 18.1. The Bertz CT molecular complexity index is 952. The zero-order chi connectivity index (χ0) is 21.6. The van der Waals surface area contributed by atoms with Crippen LogP contribution in [0.4, 0.5) is 0 Å². The Labute approximate surface area is 181 Å². The summed E-state index contributed by atoms with van der Waals surface area (Å²) in [4.78, 5) is 25.2. The molecule has 9 heteroatoms. The molecule has 2 heterocycles. The first-order valence-corrected chi connectivity index (χ1v) is 11.1. The summed E-state index contributed by atoms with van der Waals surface area (Å²) >= 11 is 0. The van der Waals surface area contributed by atoms with Crippen molar-refractivity contribution in [3.8, 4) is 5.82 Å². The number of carbonyl (C=O) groups excluding carboxylic acids is 2. The van der Waals surface area contributed by atoms with E-state index < -0.39 is 0 Å². The molecule has 0 aromatic carbocycles. The lowest BCUT2D eigenvalue weighted by molar-refractivity contribution is -0.125. The Hall–Kier alpha value is -2.68. The number of aromatic nitrogens is 4. The van der Waals surface area contributed by atoms with Crippen LogP contribution in [0.3, 0.4) is 0 Å². The van der Waals surface area contributed by atoms with E-state index in [4.69, 9.17) is 4.74 Å². The summed E-state index contributed by atoms with van der Waals surface area (Å²) in [5, 5.41) is 15.3. The molecule has 9 nitrogen and oxygen atoms in total. The molecule has 31 heavy (non-hydrogen) atoms. The van der Waals surface area contributed by atoms with Crippen molar-refractivity contribution in [1.29, 1.82) is 0 Å². The Morgan fingerprint density at radius 1 is 1.23 bits per heavy atom. The predicted molar refractivity (Wildman–Crippen MR) is 113 cm³/mol. The molecule has 0 unspecified atom stereocenters. The predicted octanol–water partition coefficient (Wildman–Crippen LogP) is 1.53. The van der Waals surface area contributed by atoms with Crippen LogP contribution in [0.5, 0.6) is 0 Å². The lowest BCUT2D eigenvalue weighted by atomic mass is 9.51. The highest BCUT2D eigenvalue weighted by atomic mass is 16.5. The molecule has 2 atom stereocenters. The first-order valence-electron chi connectivity index (χ1n) is 11.1. The number of amides is 2. The lowest BCUT2D eigenvalue weighted by Gasteiger charge is -2.60. The van der Waals surface area contributed by atoms with Crippen molar-refractivity contribution in [2.24, 2.45) is 17.8 Å². The first kappa shape index (κ1) is 20.2. The minimum absolute atomic E-state index is 0.0508. The molecular weight excluding hydrogens is 396 g/mol. The molecule has 0 spiro atoms. The van der Waals surface area contributed by atoms with Gasteiger partial charge in [0, 0.05) is 38.0 Å². The molecule has 2 aromatic rings. The van der Waals surface area contributed by atoms with E-state index in [-0.39, 0.29) is 23.4 Å². The molecule has 0 aliphatic heterocycles. The van der Waals surface area contributed by atoms with Crippen LogP contribution in [0.25, 0.3) is 5.82 Å². The van der Waals surface area contributed by atoms with E-state index in [1.165, 1.54) is 0 Å². The van der Waals surface area contributed by atoms with Gasteiger partial charge in [0.15, 0.2) is 5.82 Å². The van der Waals surface area contributed by atoms with Gasteiger partial charge >= 0.3 is 0 Å². The molecule has 2 aromatic heterocycles. The minimum Gasteiger partial charge on any atom is -0.383 e. The summed E-state index contributed by atoms with van der Waals surface area (Å²) < 4.78 is 8.63. The zero-order valence-electron chi connectivity index (χ0n) is 18.1. The van der Waals surface area contributed by atoms with Gasteiger partial charge in [-0.2, -0.15) is 10.2 Å². The van der Waals surface area contributed by atoms with Gasteiger partial charge in [-0.25, -0.2) is 9.36 Å². The Morgan fingerprint density at radius 3 is 2.65 bits per heavy atom. The standard InChI is InChI=1S/C22H30N6O3/c1-14(29)26-22-10-15-8-16(11-22)19(17(9-15)12-22)25-20(30)18-13-24-28(6-7-31-2)21(18)27-5-3-4-23-27/h3-5,13,15-17,19H,6-12H2,1-2H3,(H,25,30)(H,26,29)/t15?,16-,17-,19?,22?/m0/s1. The Balaban J connectivity index is 1.37. The van der Waals surface area contributed by atoms with Gasteiger partial charge in [-0.15, -0.1) is 0 Å². The monoisotopic (exact) mass is 426 g/mol. The van der Waals surface area contributed by atoms with E-state index in [1.807, 2.05) is 12.3 Å². The van der Waals surface area contributed by atoms with E-state index >= 15 is 0 Å². The van der Waals surface area contributed by atoms with E-state index in [0.29, 0.717) is 42.3 Å². The Morgan fingerprint density at radius 2 is 2.00 bits per heavy atom. The number of rotatable bonds is 7. The van der Waals surface area contributed by atoms with Crippen molar-refractivity contribution in [2.75, 3.05) is 13.7 Å². The topological polar surface area (TPSA) is 103 Å². The largest absolute Gasteiger partial charge is 0.383 e. The molecule has 2 amide bonds. The number of carbonyl (C=O) groups is 2. The van der Waals surface area contributed by atoms with E-state index in [0.717, 1.165) is 32.1 Å². The van der Waals surface area contributed by atoms with Gasteiger partial charge in [0.2, 0.25) is 5.91 Å². The van der Waals surface area contributed by atoms with Crippen LogP contribution in [-0.2, 0) is 16.1 Å². The third-order valence-corrected chi connectivity index (χ3v) is 7.30. The highest BCUT2D eigenvalue weighted by Gasteiger charge is 2.56. The fraction of sp³-hybridized carbons (Fsp3) is 0.636. The van der Waals surface area contributed by atoms with Crippen molar-refractivity contribution >= 4 is 11.8 Å². The Kier molecular flexibility index (Phi) is 5.08. The maximum atomic E-state index is 13.4. The van der Waals surface area contributed by atoms with Crippen molar-refractivity contribution in [2.45, 2.75) is 57.2 Å². The maximum absolute atomic E-state index is 13.4. The second kappa shape index (κ2) is 7.78. The second-order valence-corrected chi connectivity index (χ2v) is 9.48. The summed E-state index contributed by atoms with van der Waals surface area (Å²) in [6, 6.07) is 1.97. The van der Waals surface area contributed by atoms with Crippen LogP contribution in [0.2, 0.25) is 0 Å². The minimum atomic E-state index is -0.111. The molecule has 4 aliphatic carbocycles. The van der Waals surface area contributed by atoms with Gasteiger partial charge in [0.05, 0.1) is 19.3 Å². The smallest absolute Gasteiger partial charge is 0.256 e. The summed E-state index contributed by atoms with van der Waals surface area (Å²) in [7, 11) is 1.64.